The number of hydrogen-bond donors (Lipinski definition) is 0. The molecule has 0 spiro atoms. The van der Waals surface area contributed by atoms with Gasteiger partial charge in [0, 0.05) is 11.3 Å². The molecular formula is C13H15BrOS. The Morgan fingerprint density at radius 1 is 1.31 bits per heavy atom. The monoisotopic (exact) mass is 298 g/mol. The lowest BCUT2D eigenvalue weighted by Gasteiger charge is -2.02. The summed E-state index contributed by atoms with van der Waals surface area (Å²) < 4.78 is 1.10. The third kappa shape index (κ3) is 3.29. The first-order chi connectivity index (χ1) is 7.75. The van der Waals surface area contributed by atoms with Gasteiger partial charge in [-0.1, -0.05) is 12.5 Å². The SMILES string of the molecule is O=C(Cc1ccc(Br)s1)C1=CCCCCC1. The minimum Gasteiger partial charge on any atom is -0.294 e. The van der Waals surface area contributed by atoms with Crippen molar-refractivity contribution < 1.29 is 4.79 Å². The first kappa shape index (κ1) is 12.1. The molecule has 1 aromatic rings. The van der Waals surface area contributed by atoms with E-state index in [0.29, 0.717) is 12.2 Å². The smallest absolute Gasteiger partial charge is 0.163 e. The maximum Gasteiger partial charge on any atom is 0.163 e. The quantitative estimate of drug-likeness (QED) is 0.802. The summed E-state index contributed by atoms with van der Waals surface area (Å²) in [7, 11) is 0. The topological polar surface area (TPSA) is 17.1 Å². The van der Waals surface area contributed by atoms with Gasteiger partial charge in [-0.3, -0.25) is 4.79 Å². The highest BCUT2D eigenvalue weighted by atomic mass is 79.9. The molecule has 0 fully saturated rings. The lowest BCUT2D eigenvalue weighted by molar-refractivity contribution is -0.115. The first-order valence-electron chi connectivity index (χ1n) is 5.72. The van der Waals surface area contributed by atoms with E-state index in [1.165, 1.54) is 19.3 Å². The van der Waals surface area contributed by atoms with Gasteiger partial charge in [0.2, 0.25) is 0 Å². The molecule has 16 heavy (non-hydrogen) atoms. The van der Waals surface area contributed by atoms with Crippen molar-refractivity contribution in [3.8, 4) is 0 Å². The molecule has 2 rings (SSSR count). The molecule has 0 N–H and O–H groups in total. The molecule has 86 valence electrons. The second-order valence-electron chi connectivity index (χ2n) is 4.13. The maximum absolute atomic E-state index is 12.1. The Kier molecular flexibility index (Phi) is 4.36. The van der Waals surface area contributed by atoms with Crippen LogP contribution in [0.4, 0.5) is 0 Å². The van der Waals surface area contributed by atoms with E-state index >= 15 is 0 Å². The van der Waals surface area contributed by atoms with Crippen LogP contribution in [-0.2, 0) is 11.2 Å². The van der Waals surface area contributed by atoms with Crippen molar-refractivity contribution in [2.75, 3.05) is 0 Å². The van der Waals surface area contributed by atoms with Crippen LogP contribution >= 0.6 is 27.3 Å². The van der Waals surface area contributed by atoms with Crippen LogP contribution in [0.25, 0.3) is 0 Å². The molecule has 0 atom stereocenters. The predicted octanol–water partition coefficient (Wildman–Crippen LogP) is 4.51. The highest BCUT2D eigenvalue weighted by molar-refractivity contribution is 9.11. The van der Waals surface area contributed by atoms with Gasteiger partial charge in [-0.25, -0.2) is 0 Å². The van der Waals surface area contributed by atoms with Crippen molar-refractivity contribution >= 4 is 33.0 Å². The molecule has 0 saturated carbocycles. The molecule has 0 unspecified atom stereocenters. The largest absolute Gasteiger partial charge is 0.294 e. The highest BCUT2D eigenvalue weighted by Gasteiger charge is 2.12. The highest BCUT2D eigenvalue weighted by Crippen LogP contribution is 2.25. The van der Waals surface area contributed by atoms with E-state index in [0.717, 1.165) is 27.1 Å². The van der Waals surface area contributed by atoms with Gasteiger partial charge in [-0.15, -0.1) is 11.3 Å². The molecule has 1 aliphatic carbocycles. The molecule has 1 aliphatic rings. The zero-order valence-corrected chi connectivity index (χ0v) is 11.6. The normalized spacial score (nSPS) is 16.7. The summed E-state index contributed by atoms with van der Waals surface area (Å²) in [4.78, 5) is 13.2. The molecule has 1 heterocycles. The average molecular weight is 299 g/mol. The summed E-state index contributed by atoms with van der Waals surface area (Å²) >= 11 is 5.08. The van der Waals surface area contributed by atoms with E-state index in [2.05, 4.69) is 22.0 Å². The molecule has 1 aromatic heterocycles. The second kappa shape index (κ2) is 5.78. The van der Waals surface area contributed by atoms with Crippen LogP contribution in [0.15, 0.2) is 27.6 Å². The molecule has 1 nitrogen and oxygen atoms in total. The van der Waals surface area contributed by atoms with Gasteiger partial charge in [0.1, 0.15) is 0 Å². The Morgan fingerprint density at radius 2 is 2.19 bits per heavy atom. The second-order valence-corrected chi connectivity index (χ2v) is 6.68. The number of carbonyl (C=O) groups is 1. The summed E-state index contributed by atoms with van der Waals surface area (Å²) in [5.41, 5.74) is 1.06. The summed E-state index contributed by atoms with van der Waals surface area (Å²) in [5.74, 6) is 0.316. The Morgan fingerprint density at radius 3 is 2.94 bits per heavy atom. The van der Waals surface area contributed by atoms with Gasteiger partial charge in [0.05, 0.1) is 3.79 Å². The predicted molar refractivity (Wildman–Crippen MR) is 71.9 cm³/mol. The van der Waals surface area contributed by atoms with Crippen LogP contribution in [0, 0.1) is 0 Å². The fourth-order valence-electron chi connectivity index (χ4n) is 1.99. The fourth-order valence-corrected chi connectivity index (χ4v) is 3.47. The van der Waals surface area contributed by atoms with Gasteiger partial charge in [-0.05, 0) is 59.3 Å². The standard InChI is InChI=1S/C13H15BrOS/c14-13-8-7-11(16-13)9-12(15)10-5-3-1-2-4-6-10/h5,7-8H,1-4,6,9H2. The van der Waals surface area contributed by atoms with Crippen molar-refractivity contribution in [1.82, 2.24) is 0 Å². The van der Waals surface area contributed by atoms with Gasteiger partial charge in [0.15, 0.2) is 5.78 Å². The lowest BCUT2D eigenvalue weighted by atomic mass is 10.0. The molecule has 0 aliphatic heterocycles. The average Bonchev–Trinajstić information content (AvgIpc) is 2.56. The molecule has 3 heteroatoms. The van der Waals surface area contributed by atoms with Crippen molar-refractivity contribution in [3.05, 3.63) is 32.4 Å². The minimum atomic E-state index is 0.316. The Labute approximate surface area is 109 Å². The Hall–Kier alpha value is -0.410. The van der Waals surface area contributed by atoms with E-state index < -0.39 is 0 Å². The van der Waals surface area contributed by atoms with Gasteiger partial charge < -0.3 is 0 Å². The van der Waals surface area contributed by atoms with Crippen LogP contribution in [0.1, 0.15) is 37.0 Å². The number of rotatable bonds is 3. The number of thiophene rings is 1. The number of hydrogen-bond acceptors (Lipinski definition) is 2. The van der Waals surface area contributed by atoms with Crippen LogP contribution in [0.2, 0.25) is 0 Å². The fraction of sp³-hybridized carbons (Fsp3) is 0.462. The van der Waals surface area contributed by atoms with Gasteiger partial charge in [0.25, 0.3) is 0 Å². The molecular weight excluding hydrogens is 284 g/mol. The number of halogens is 1. The van der Waals surface area contributed by atoms with Crippen molar-refractivity contribution in [3.63, 3.8) is 0 Å². The van der Waals surface area contributed by atoms with E-state index in [-0.39, 0.29) is 0 Å². The zero-order valence-electron chi connectivity index (χ0n) is 9.17. The summed E-state index contributed by atoms with van der Waals surface area (Å²) in [6.07, 6.45) is 8.45. The third-order valence-electron chi connectivity index (χ3n) is 2.86. The number of allylic oxidation sites excluding steroid dienone is 2. The van der Waals surface area contributed by atoms with Gasteiger partial charge in [-0.2, -0.15) is 0 Å². The van der Waals surface area contributed by atoms with Crippen LogP contribution < -0.4 is 0 Å². The third-order valence-corrected chi connectivity index (χ3v) is 4.49. The molecule has 0 radical (unpaired) electrons. The van der Waals surface area contributed by atoms with E-state index in [1.54, 1.807) is 11.3 Å². The molecule has 0 bridgehead atoms. The molecule has 0 amide bonds. The number of Topliss-reactive ketones (excluding diaryl/α,β-unsaturated/α-hetero) is 1. The minimum absolute atomic E-state index is 0.316. The molecule has 0 aromatic carbocycles. The summed E-state index contributed by atoms with van der Waals surface area (Å²) in [6.45, 7) is 0. The Balaban J connectivity index is 1.99. The van der Waals surface area contributed by atoms with Crippen LogP contribution in [0.3, 0.4) is 0 Å². The first-order valence-corrected chi connectivity index (χ1v) is 7.33. The van der Waals surface area contributed by atoms with E-state index in [4.69, 9.17) is 0 Å². The summed E-state index contributed by atoms with van der Waals surface area (Å²) in [6, 6.07) is 4.04. The van der Waals surface area contributed by atoms with Crippen molar-refractivity contribution in [1.29, 1.82) is 0 Å². The maximum atomic E-state index is 12.1. The number of carbonyl (C=O) groups excluding carboxylic acids is 1. The lowest BCUT2D eigenvalue weighted by Crippen LogP contribution is -2.05. The zero-order chi connectivity index (χ0) is 11.4. The van der Waals surface area contributed by atoms with Crippen molar-refractivity contribution in [2.24, 2.45) is 0 Å². The van der Waals surface area contributed by atoms with Crippen LogP contribution in [0.5, 0.6) is 0 Å². The Bertz CT molecular complexity index is 406. The number of ketones is 1. The van der Waals surface area contributed by atoms with Crippen molar-refractivity contribution in [2.45, 2.75) is 38.5 Å². The van der Waals surface area contributed by atoms with E-state index in [9.17, 15) is 4.79 Å². The van der Waals surface area contributed by atoms with E-state index in [1.807, 2.05) is 12.1 Å². The molecule has 0 saturated heterocycles. The van der Waals surface area contributed by atoms with Crippen LogP contribution in [-0.4, -0.2) is 5.78 Å². The summed E-state index contributed by atoms with van der Waals surface area (Å²) in [5, 5.41) is 0. The van der Waals surface area contributed by atoms with Gasteiger partial charge >= 0.3 is 0 Å².